The lowest BCUT2D eigenvalue weighted by Crippen LogP contribution is -2.39. The number of rotatable bonds is 6. The molecule has 1 amide bonds. The first-order valence-corrected chi connectivity index (χ1v) is 8.91. The molecule has 132 valence electrons. The van der Waals surface area contributed by atoms with Crippen LogP contribution in [0.4, 0.5) is 4.39 Å². The van der Waals surface area contributed by atoms with Crippen molar-refractivity contribution in [1.29, 1.82) is 0 Å². The molecule has 0 heterocycles. The maximum Gasteiger partial charge on any atom is 0.261 e. The van der Waals surface area contributed by atoms with E-state index in [1.54, 1.807) is 12.1 Å². The Balaban J connectivity index is 1.66. The molecule has 0 radical (unpaired) electrons. The van der Waals surface area contributed by atoms with Crippen LogP contribution in [0, 0.1) is 5.82 Å². The van der Waals surface area contributed by atoms with Gasteiger partial charge in [-0.15, -0.1) is 0 Å². The lowest BCUT2D eigenvalue weighted by Gasteiger charge is -2.21. The van der Waals surface area contributed by atoms with Gasteiger partial charge in [0.2, 0.25) is 0 Å². The Morgan fingerprint density at radius 3 is 2.72 bits per heavy atom. The van der Waals surface area contributed by atoms with Crippen molar-refractivity contribution < 1.29 is 13.9 Å². The van der Waals surface area contributed by atoms with E-state index in [1.807, 2.05) is 13.8 Å². The number of nitrogens with one attached hydrogen (secondary N) is 1. The summed E-state index contributed by atoms with van der Waals surface area (Å²) in [4.78, 5) is 12.5. The van der Waals surface area contributed by atoms with Crippen molar-refractivity contribution in [2.75, 3.05) is 0 Å². The number of carbonyl (C=O) groups is 1. The third-order valence-corrected chi connectivity index (χ3v) is 4.75. The number of ether oxygens (including phenoxy) is 1. The third kappa shape index (κ3) is 4.01. The predicted molar refractivity (Wildman–Crippen MR) is 96.1 cm³/mol. The largest absolute Gasteiger partial charge is 0.478 e. The molecule has 0 saturated heterocycles. The molecule has 4 heteroatoms. The minimum atomic E-state index is -0.714. The maximum atomic E-state index is 13.7. The minimum Gasteiger partial charge on any atom is -0.478 e. The Morgan fingerprint density at radius 2 is 1.96 bits per heavy atom. The summed E-state index contributed by atoms with van der Waals surface area (Å²) in [5.74, 6) is -0.575. The van der Waals surface area contributed by atoms with E-state index in [9.17, 15) is 9.18 Å². The van der Waals surface area contributed by atoms with Crippen LogP contribution in [-0.2, 0) is 17.6 Å². The Labute approximate surface area is 148 Å². The van der Waals surface area contributed by atoms with Gasteiger partial charge in [-0.25, -0.2) is 4.39 Å². The molecule has 0 aromatic heterocycles. The summed E-state index contributed by atoms with van der Waals surface area (Å²) in [6.45, 7) is 3.82. The van der Waals surface area contributed by atoms with Crippen LogP contribution >= 0.6 is 0 Å². The number of hydrogen-bond donors (Lipinski definition) is 1. The fraction of sp³-hybridized carbons (Fsp3) is 0.381. The summed E-state index contributed by atoms with van der Waals surface area (Å²) >= 11 is 0. The lowest BCUT2D eigenvalue weighted by molar-refractivity contribution is -0.128. The number of benzene rings is 2. The summed E-state index contributed by atoms with van der Waals surface area (Å²) in [6, 6.07) is 12.5. The smallest absolute Gasteiger partial charge is 0.261 e. The van der Waals surface area contributed by atoms with Crippen molar-refractivity contribution in [2.45, 2.75) is 51.7 Å². The van der Waals surface area contributed by atoms with E-state index >= 15 is 0 Å². The van der Waals surface area contributed by atoms with Gasteiger partial charge in [-0.1, -0.05) is 37.3 Å². The first kappa shape index (κ1) is 17.5. The van der Waals surface area contributed by atoms with Crippen molar-refractivity contribution >= 4 is 5.91 Å². The number of fused-ring (bicyclic) bond motifs is 1. The molecule has 1 aliphatic carbocycles. The fourth-order valence-corrected chi connectivity index (χ4v) is 3.27. The molecule has 1 N–H and O–H groups in total. The molecule has 2 aromatic carbocycles. The van der Waals surface area contributed by atoms with E-state index < -0.39 is 11.9 Å². The zero-order valence-corrected chi connectivity index (χ0v) is 14.7. The molecule has 0 saturated carbocycles. The standard InChI is InChI=1S/C21H24FNO2/c1-3-19(25-20-10-5-4-9-18(20)22)21(24)23-14(2)16-12-11-15-7-6-8-17(15)13-16/h4-5,9-14,19H,3,6-8H2,1-2H3,(H,23,24). The van der Waals surface area contributed by atoms with Gasteiger partial charge >= 0.3 is 0 Å². The van der Waals surface area contributed by atoms with Gasteiger partial charge in [-0.05, 0) is 61.4 Å². The van der Waals surface area contributed by atoms with Gasteiger partial charge in [-0.3, -0.25) is 4.79 Å². The zero-order valence-electron chi connectivity index (χ0n) is 14.7. The highest BCUT2D eigenvalue weighted by atomic mass is 19.1. The van der Waals surface area contributed by atoms with E-state index in [-0.39, 0.29) is 17.7 Å². The quantitative estimate of drug-likeness (QED) is 0.848. The average molecular weight is 341 g/mol. The summed E-state index contributed by atoms with van der Waals surface area (Å²) in [5.41, 5.74) is 3.89. The lowest BCUT2D eigenvalue weighted by atomic mass is 10.0. The monoisotopic (exact) mass is 341 g/mol. The van der Waals surface area contributed by atoms with Crippen LogP contribution in [0.25, 0.3) is 0 Å². The molecule has 0 bridgehead atoms. The highest BCUT2D eigenvalue weighted by Crippen LogP contribution is 2.25. The number of aryl methyl sites for hydroxylation is 2. The van der Waals surface area contributed by atoms with Crippen molar-refractivity contribution in [1.82, 2.24) is 5.32 Å². The van der Waals surface area contributed by atoms with Gasteiger partial charge in [0.1, 0.15) is 0 Å². The number of para-hydroxylation sites is 1. The van der Waals surface area contributed by atoms with Gasteiger partial charge in [0, 0.05) is 0 Å². The predicted octanol–water partition coefficient (Wildman–Crippen LogP) is 4.35. The molecule has 3 nitrogen and oxygen atoms in total. The van der Waals surface area contributed by atoms with Crippen LogP contribution in [0.2, 0.25) is 0 Å². The SMILES string of the molecule is CCC(Oc1ccccc1F)C(=O)NC(C)c1ccc2c(c1)CCC2. The maximum absolute atomic E-state index is 13.7. The van der Waals surface area contributed by atoms with Crippen LogP contribution in [-0.4, -0.2) is 12.0 Å². The second kappa shape index (κ2) is 7.68. The fourth-order valence-electron chi connectivity index (χ4n) is 3.27. The summed E-state index contributed by atoms with van der Waals surface area (Å²) in [7, 11) is 0. The highest BCUT2D eigenvalue weighted by molar-refractivity contribution is 5.81. The molecule has 0 fully saturated rings. The van der Waals surface area contributed by atoms with Gasteiger partial charge in [0.05, 0.1) is 6.04 Å². The Kier molecular flexibility index (Phi) is 5.37. The molecule has 3 rings (SSSR count). The summed E-state index contributed by atoms with van der Waals surface area (Å²) in [5, 5.41) is 2.99. The Bertz CT molecular complexity index is 759. The first-order chi connectivity index (χ1) is 12.1. The molecule has 25 heavy (non-hydrogen) atoms. The van der Waals surface area contributed by atoms with Crippen molar-refractivity contribution in [3.05, 3.63) is 65.0 Å². The normalized spacial score (nSPS) is 15.3. The van der Waals surface area contributed by atoms with E-state index in [0.717, 1.165) is 18.4 Å². The van der Waals surface area contributed by atoms with Crippen LogP contribution in [0.5, 0.6) is 5.75 Å². The average Bonchev–Trinajstić information content (AvgIpc) is 3.08. The molecule has 0 spiro atoms. The summed E-state index contributed by atoms with van der Waals surface area (Å²) < 4.78 is 19.3. The van der Waals surface area contributed by atoms with Gasteiger partial charge < -0.3 is 10.1 Å². The zero-order chi connectivity index (χ0) is 17.8. The van der Waals surface area contributed by atoms with Crippen molar-refractivity contribution in [3.63, 3.8) is 0 Å². The van der Waals surface area contributed by atoms with Crippen LogP contribution < -0.4 is 10.1 Å². The van der Waals surface area contributed by atoms with Gasteiger partial charge in [0.15, 0.2) is 17.7 Å². The van der Waals surface area contributed by atoms with E-state index in [2.05, 4.69) is 23.5 Å². The topological polar surface area (TPSA) is 38.3 Å². The van der Waals surface area contributed by atoms with Crippen molar-refractivity contribution in [3.8, 4) is 5.75 Å². The number of hydrogen-bond acceptors (Lipinski definition) is 2. The van der Waals surface area contributed by atoms with Crippen LogP contribution in [0.15, 0.2) is 42.5 Å². The molecular weight excluding hydrogens is 317 g/mol. The highest BCUT2D eigenvalue weighted by Gasteiger charge is 2.22. The van der Waals surface area contributed by atoms with Crippen LogP contribution in [0.1, 0.15) is 49.4 Å². The molecular formula is C21H24FNO2. The number of carbonyl (C=O) groups excluding carboxylic acids is 1. The number of amides is 1. The molecule has 2 unspecified atom stereocenters. The minimum absolute atomic E-state index is 0.106. The molecule has 0 aliphatic heterocycles. The second-order valence-electron chi connectivity index (χ2n) is 6.56. The van der Waals surface area contributed by atoms with E-state index in [1.165, 1.54) is 29.7 Å². The molecule has 2 aromatic rings. The second-order valence-corrected chi connectivity index (χ2v) is 6.56. The Morgan fingerprint density at radius 1 is 1.20 bits per heavy atom. The Hall–Kier alpha value is -2.36. The van der Waals surface area contributed by atoms with Crippen LogP contribution in [0.3, 0.4) is 0 Å². The first-order valence-electron chi connectivity index (χ1n) is 8.91. The van der Waals surface area contributed by atoms with E-state index in [0.29, 0.717) is 6.42 Å². The van der Waals surface area contributed by atoms with Gasteiger partial charge in [0.25, 0.3) is 5.91 Å². The van der Waals surface area contributed by atoms with Crippen molar-refractivity contribution in [2.24, 2.45) is 0 Å². The third-order valence-electron chi connectivity index (χ3n) is 4.75. The summed E-state index contributed by atoms with van der Waals surface area (Å²) in [6.07, 6.45) is 3.21. The number of halogens is 1. The van der Waals surface area contributed by atoms with E-state index in [4.69, 9.17) is 4.74 Å². The van der Waals surface area contributed by atoms with Gasteiger partial charge in [-0.2, -0.15) is 0 Å². The molecule has 2 atom stereocenters. The molecule has 1 aliphatic rings.